The molecule has 0 radical (unpaired) electrons. The molecule has 1 aliphatic rings. The Morgan fingerprint density at radius 2 is 2.06 bits per heavy atom. The van der Waals surface area contributed by atoms with E-state index < -0.39 is 0 Å². The average molecular weight is 297 g/mol. The molecule has 94 valence electrons. The van der Waals surface area contributed by atoms with Crippen LogP contribution in [0, 0.1) is 0 Å². The standard InChI is InChI=1S/C14H21BrN2/c1-11(16)8-12-4-5-13(14(15)9-12)10-17-6-2-3-7-17/h4-5,9,11H,2-3,6-8,10,16H2,1H3. The van der Waals surface area contributed by atoms with Gasteiger partial charge in [-0.25, -0.2) is 0 Å². The summed E-state index contributed by atoms with van der Waals surface area (Å²) in [7, 11) is 0. The van der Waals surface area contributed by atoms with Gasteiger partial charge in [-0.05, 0) is 56.5 Å². The summed E-state index contributed by atoms with van der Waals surface area (Å²) in [6.45, 7) is 5.60. The van der Waals surface area contributed by atoms with Crippen molar-refractivity contribution in [1.29, 1.82) is 0 Å². The Hall–Kier alpha value is -0.380. The Balaban J connectivity index is 2.03. The molecule has 1 fully saturated rings. The van der Waals surface area contributed by atoms with Crippen molar-refractivity contribution in [2.75, 3.05) is 13.1 Å². The molecule has 2 nitrogen and oxygen atoms in total. The summed E-state index contributed by atoms with van der Waals surface area (Å²) in [6, 6.07) is 6.89. The molecule has 2 rings (SSSR count). The van der Waals surface area contributed by atoms with Crippen LogP contribution in [-0.4, -0.2) is 24.0 Å². The molecule has 1 aliphatic heterocycles. The van der Waals surface area contributed by atoms with Crippen LogP contribution in [0.2, 0.25) is 0 Å². The molecule has 1 aromatic carbocycles. The number of likely N-dealkylation sites (tertiary alicyclic amines) is 1. The van der Waals surface area contributed by atoms with Gasteiger partial charge in [-0.3, -0.25) is 4.90 Å². The monoisotopic (exact) mass is 296 g/mol. The number of nitrogens with two attached hydrogens (primary N) is 1. The molecule has 0 saturated carbocycles. The first-order chi connectivity index (χ1) is 8.15. The van der Waals surface area contributed by atoms with Gasteiger partial charge in [0, 0.05) is 17.1 Å². The van der Waals surface area contributed by atoms with E-state index in [1.54, 1.807) is 0 Å². The van der Waals surface area contributed by atoms with Gasteiger partial charge in [0.05, 0.1) is 0 Å². The third kappa shape index (κ3) is 3.80. The maximum atomic E-state index is 5.82. The zero-order valence-corrected chi connectivity index (χ0v) is 12.0. The minimum atomic E-state index is 0.228. The smallest absolute Gasteiger partial charge is 0.0244 e. The van der Waals surface area contributed by atoms with Crippen molar-refractivity contribution in [3.8, 4) is 0 Å². The van der Waals surface area contributed by atoms with Crippen molar-refractivity contribution in [2.24, 2.45) is 5.73 Å². The summed E-state index contributed by atoms with van der Waals surface area (Å²) in [5, 5.41) is 0. The van der Waals surface area contributed by atoms with E-state index in [9.17, 15) is 0 Å². The normalized spacial score (nSPS) is 18.5. The Morgan fingerprint density at radius 3 is 2.65 bits per heavy atom. The summed E-state index contributed by atoms with van der Waals surface area (Å²) < 4.78 is 1.22. The van der Waals surface area contributed by atoms with E-state index in [4.69, 9.17) is 5.73 Å². The lowest BCUT2D eigenvalue weighted by Gasteiger charge is -2.16. The number of nitrogens with zero attached hydrogens (tertiary/aromatic N) is 1. The predicted octanol–water partition coefficient (Wildman–Crippen LogP) is 2.93. The highest BCUT2D eigenvalue weighted by atomic mass is 79.9. The number of hydrogen-bond acceptors (Lipinski definition) is 2. The first-order valence-corrected chi connectivity index (χ1v) is 7.19. The van der Waals surface area contributed by atoms with E-state index >= 15 is 0 Å². The van der Waals surface area contributed by atoms with Crippen molar-refractivity contribution in [3.05, 3.63) is 33.8 Å². The van der Waals surface area contributed by atoms with Crippen LogP contribution in [0.5, 0.6) is 0 Å². The highest BCUT2D eigenvalue weighted by molar-refractivity contribution is 9.10. The summed E-state index contributed by atoms with van der Waals surface area (Å²) in [4.78, 5) is 2.52. The molecule has 0 spiro atoms. The fourth-order valence-electron chi connectivity index (χ4n) is 2.40. The highest BCUT2D eigenvalue weighted by Gasteiger charge is 2.13. The molecule has 1 aromatic rings. The molecular formula is C14H21BrN2. The fourth-order valence-corrected chi connectivity index (χ4v) is 2.95. The van der Waals surface area contributed by atoms with Crippen LogP contribution in [-0.2, 0) is 13.0 Å². The lowest BCUT2D eigenvalue weighted by atomic mass is 10.1. The average Bonchev–Trinajstić information content (AvgIpc) is 2.74. The van der Waals surface area contributed by atoms with Gasteiger partial charge in [0.15, 0.2) is 0 Å². The molecule has 1 heterocycles. The van der Waals surface area contributed by atoms with Gasteiger partial charge in [0.2, 0.25) is 0 Å². The van der Waals surface area contributed by atoms with Crippen molar-refractivity contribution in [2.45, 2.75) is 38.8 Å². The van der Waals surface area contributed by atoms with E-state index in [1.165, 1.54) is 41.5 Å². The summed E-state index contributed by atoms with van der Waals surface area (Å²) >= 11 is 3.68. The van der Waals surface area contributed by atoms with Gasteiger partial charge in [-0.15, -0.1) is 0 Å². The second-order valence-corrected chi connectivity index (χ2v) is 5.94. The van der Waals surface area contributed by atoms with Crippen LogP contribution in [0.4, 0.5) is 0 Å². The van der Waals surface area contributed by atoms with Gasteiger partial charge in [0.25, 0.3) is 0 Å². The second-order valence-electron chi connectivity index (χ2n) is 5.09. The Labute approximate surface area is 112 Å². The van der Waals surface area contributed by atoms with E-state index in [1.807, 2.05) is 6.92 Å². The summed E-state index contributed by atoms with van der Waals surface area (Å²) in [5.74, 6) is 0. The van der Waals surface area contributed by atoms with Gasteiger partial charge in [-0.2, -0.15) is 0 Å². The molecule has 0 aliphatic carbocycles. The molecule has 0 bridgehead atoms. The number of rotatable bonds is 4. The first kappa shape index (κ1) is 13.1. The SMILES string of the molecule is CC(N)Cc1ccc(CN2CCCC2)c(Br)c1. The molecule has 0 amide bonds. The molecule has 1 unspecified atom stereocenters. The minimum absolute atomic E-state index is 0.228. The van der Waals surface area contributed by atoms with Crippen molar-refractivity contribution < 1.29 is 0 Å². The Kier molecular flexibility index (Phi) is 4.60. The Bertz CT molecular complexity index is 370. The van der Waals surface area contributed by atoms with Crippen LogP contribution in [0.15, 0.2) is 22.7 Å². The molecule has 0 aromatic heterocycles. The molecular weight excluding hydrogens is 276 g/mol. The Morgan fingerprint density at radius 1 is 1.35 bits per heavy atom. The van der Waals surface area contributed by atoms with E-state index in [0.717, 1.165) is 13.0 Å². The molecule has 2 N–H and O–H groups in total. The zero-order valence-electron chi connectivity index (χ0n) is 10.5. The van der Waals surface area contributed by atoms with Gasteiger partial charge >= 0.3 is 0 Å². The summed E-state index contributed by atoms with van der Waals surface area (Å²) in [5.41, 5.74) is 8.53. The van der Waals surface area contributed by atoms with Crippen molar-refractivity contribution >= 4 is 15.9 Å². The van der Waals surface area contributed by atoms with Crippen molar-refractivity contribution in [3.63, 3.8) is 0 Å². The maximum Gasteiger partial charge on any atom is 0.0244 e. The van der Waals surface area contributed by atoms with E-state index in [-0.39, 0.29) is 6.04 Å². The van der Waals surface area contributed by atoms with Gasteiger partial charge in [-0.1, -0.05) is 28.1 Å². The van der Waals surface area contributed by atoms with Gasteiger partial charge < -0.3 is 5.73 Å². The molecule has 3 heteroatoms. The molecule has 1 atom stereocenters. The first-order valence-electron chi connectivity index (χ1n) is 6.40. The second kappa shape index (κ2) is 5.98. The zero-order chi connectivity index (χ0) is 12.3. The predicted molar refractivity (Wildman–Crippen MR) is 76.0 cm³/mol. The topological polar surface area (TPSA) is 29.3 Å². The van der Waals surface area contributed by atoms with Crippen LogP contribution in [0.3, 0.4) is 0 Å². The van der Waals surface area contributed by atoms with E-state index in [2.05, 4.69) is 39.0 Å². The van der Waals surface area contributed by atoms with E-state index in [0.29, 0.717) is 0 Å². The van der Waals surface area contributed by atoms with Gasteiger partial charge in [0.1, 0.15) is 0 Å². The molecule has 1 saturated heterocycles. The van der Waals surface area contributed by atoms with Crippen LogP contribution in [0.25, 0.3) is 0 Å². The fraction of sp³-hybridized carbons (Fsp3) is 0.571. The van der Waals surface area contributed by atoms with Crippen LogP contribution < -0.4 is 5.73 Å². The molecule has 17 heavy (non-hydrogen) atoms. The number of benzene rings is 1. The highest BCUT2D eigenvalue weighted by Crippen LogP contribution is 2.22. The third-order valence-corrected chi connectivity index (χ3v) is 4.01. The largest absolute Gasteiger partial charge is 0.328 e. The number of hydrogen-bond donors (Lipinski definition) is 1. The quantitative estimate of drug-likeness (QED) is 0.926. The third-order valence-electron chi connectivity index (χ3n) is 3.27. The summed E-state index contributed by atoms with van der Waals surface area (Å²) in [6.07, 6.45) is 3.64. The lowest BCUT2D eigenvalue weighted by Crippen LogP contribution is -2.19. The minimum Gasteiger partial charge on any atom is -0.328 e. The van der Waals surface area contributed by atoms with Crippen molar-refractivity contribution in [1.82, 2.24) is 4.90 Å². The number of halogens is 1. The van der Waals surface area contributed by atoms with Crippen LogP contribution >= 0.6 is 15.9 Å². The lowest BCUT2D eigenvalue weighted by molar-refractivity contribution is 0.331. The maximum absolute atomic E-state index is 5.82. The van der Waals surface area contributed by atoms with Crippen LogP contribution in [0.1, 0.15) is 30.9 Å².